The number of ether oxygens (including phenoxy) is 2. The van der Waals surface area contributed by atoms with Crippen molar-refractivity contribution in [2.75, 3.05) is 26.8 Å². The highest BCUT2D eigenvalue weighted by Gasteiger charge is 2.29. The largest absolute Gasteiger partial charge is 0.493 e. The summed E-state index contributed by atoms with van der Waals surface area (Å²) in [7, 11) is 1.39. The van der Waals surface area contributed by atoms with Crippen LogP contribution in [0.3, 0.4) is 0 Å². The van der Waals surface area contributed by atoms with Gasteiger partial charge in [0.05, 0.1) is 19.6 Å². The van der Waals surface area contributed by atoms with Crippen LogP contribution in [0, 0.1) is 5.92 Å². The van der Waals surface area contributed by atoms with Crippen LogP contribution in [0.1, 0.15) is 28.8 Å². The Labute approximate surface area is 123 Å². The van der Waals surface area contributed by atoms with Gasteiger partial charge in [0.25, 0.3) is 5.91 Å². The van der Waals surface area contributed by atoms with Crippen LogP contribution in [-0.2, 0) is 16.0 Å². The molecule has 0 radical (unpaired) electrons. The molecule has 3 rings (SSSR count). The van der Waals surface area contributed by atoms with Gasteiger partial charge in [-0.05, 0) is 36.6 Å². The molecular formula is C16H19NO4. The number of hydrogen-bond donors (Lipinski definition) is 0. The number of esters is 1. The van der Waals surface area contributed by atoms with Crippen LogP contribution in [0.15, 0.2) is 18.2 Å². The maximum Gasteiger partial charge on any atom is 0.310 e. The molecule has 1 fully saturated rings. The van der Waals surface area contributed by atoms with Gasteiger partial charge >= 0.3 is 5.97 Å². The van der Waals surface area contributed by atoms with E-state index in [4.69, 9.17) is 9.47 Å². The van der Waals surface area contributed by atoms with Crippen LogP contribution in [0.2, 0.25) is 0 Å². The predicted molar refractivity (Wildman–Crippen MR) is 76.3 cm³/mol. The molecule has 5 heteroatoms. The average Bonchev–Trinajstić information content (AvgIpc) is 3.01. The normalized spacial score (nSPS) is 20.6. The molecule has 2 heterocycles. The summed E-state index contributed by atoms with van der Waals surface area (Å²) < 4.78 is 10.2. The van der Waals surface area contributed by atoms with Gasteiger partial charge in [0.2, 0.25) is 0 Å². The lowest BCUT2D eigenvalue weighted by atomic mass is 9.97. The van der Waals surface area contributed by atoms with E-state index in [1.807, 2.05) is 12.1 Å². The van der Waals surface area contributed by atoms with E-state index in [-0.39, 0.29) is 17.8 Å². The van der Waals surface area contributed by atoms with Crippen LogP contribution >= 0.6 is 0 Å². The molecule has 2 aliphatic heterocycles. The van der Waals surface area contributed by atoms with Crippen LogP contribution in [0.25, 0.3) is 0 Å². The third-order valence-electron chi connectivity index (χ3n) is 4.18. The van der Waals surface area contributed by atoms with Crippen molar-refractivity contribution >= 4 is 11.9 Å². The number of piperidine rings is 1. The van der Waals surface area contributed by atoms with E-state index in [9.17, 15) is 9.59 Å². The summed E-state index contributed by atoms with van der Waals surface area (Å²) >= 11 is 0. The monoisotopic (exact) mass is 289 g/mol. The fourth-order valence-electron chi connectivity index (χ4n) is 3.02. The lowest BCUT2D eigenvalue weighted by Crippen LogP contribution is -2.42. The van der Waals surface area contributed by atoms with Crippen LogP contribution in [-0.4, -0.2) is 43.6 Å². The first kappa shape index (κ1) is 13.9. The second kappa shape index (κ2) is 5.76. The number of hydrogen-bond acceptors (Lipinski definition) is 4. The van der Waals surface area contributed by atoms with Gasteiger partial charge in [0.1, 0.15) is 5.75 Å². The standard InChI is InChI=1S/C16H19NO4/c1-20-16(19)13-3-2-7-17(10-13)15(18)12-4-5-14-11(9-12)6-8-21-14/h4-5,9,13H,2-3,6-8,10H2,1H3/t13-/m0/s1. The molecule has 0 saturated carbocycles. The first-order chi connectivity index (χ1) is 10.2. The second-order valence-corrected chi connectivity index (χ2v) is 5.53. The molecule has 0 spiro atoms. The minimum absolute atomic E-state index is 0.0155. The van der Waals surface area contributed by atoms with Gasteiger partial charge in [-0.15, -0.1) is 0 Å². The van der Waals surface area contributed by atoms with E-state index in [1.165, 1.54) is 7.11 Å². The van der Waals surface area contributed by atoms with Crippen molar-refractivity contribution in [2.24, 2.45) is 5.92 Å². The number of benzene rings is 1. The van der Waals surface area contributed by atoms with Crippen LogP contribution in [0.4, 0.5) is 0 Å². The molecule has 21 heavy (non-hydrogen) atoms. The number of carbonyl (C=O) groups excluding carboxylic acids is 2. The van der Waals surface area contributed by atoms with Crippen molar-refractivity contribution < 1.29 is 19.1 Å². The summed E-state index contributed by atoms with van der Waals surface area (Å²) in [4.78, 5) is 26.0. The molecule has 0 aromatic heterocycles. The highest BCUT2D eigenvalue weighted by atomic mass is 16.5. The Morgan fingerprint density at radius 3 is 3.05 bits per heavy atom. The van der Waals surface area contributed by atoms with Crippen molar-refractivity contribution in [3.05, 3.63) is 29.3 Å². The van der Waals surface area contributed by atoms with Gasteiger partial charge in [-0.1, -0.05) is 0 Å². The summed E-state index contributed by atoms with van der Waals surface area (Å²) in [6, 6.07) is 5.57. The molecule has 1 atom stereocenters. The second-order valence-electron chi connectivity index (χ2n) is 5.53. The van der Waals surface area contributed by atoms with Crippen LogP contribution in [0.5, 0.6) is 5.75 Å². The number of likely N-dealkylation sites (tertiary alicyclic amines) is 1. The molecule has 0 N–H and O–H groups in total. The summed E-state index contributed by atoms with van der Waals surface area (Å²) in [5.41, 5.74) is 1.76. The predicted octanol–water partition coefficient (Wildman–Crippen LogP) is 1.65. The molecule has 0 bridgehead atoms. The van der Waals surface area contributed by atoms with E-state index < -0.39 is 0 Å². The zero-order valence-electron chi connectivity index (χ0n) is 12.1. The van der Waals surface area contributed by atoms with Gasteiger partial charge in [-0.3, -0.25) is 9.59 Å². The molecule has 1 amide bonds. The molecule has 1 aromatic rings. The quantitative estimate of drug-likeness (QED) is 0.777. The highest BCUT2D eigenvalue weighted by molar-refractivity contribution is 5.95. The van der Waals surface area contributed by atoms with Gasteiger partial charge < -0.3 is 14.4 Å². The summed E-state index contributed by atoms with van der Waals surface area (Å²) in [5, 5.41) is 0. The molecule has 112 valence electrons. The summed E-state index contributed by atoms with van der Waals surface area (Å²) in [5.74, 6) is 0.427. The van der Waals surface area contributed by atoms with Gasteiger partial charge in [0.15, 0.2) is 0 Å². The Hall–Kier alpha value is -2.04. The van der Waals surface area contributed by atoms with Crippen molar-refractivity contribution in [1.82, 2.24) is 4.90 Å². The Morgan fingerprint density at radius 1 is 1.38 bits per heavy atom. The maximum atomic E-state index is 12.6. The minimum Gasteiger partial charge on any atom is -0.493 e. The van der Waals surface area contributed by atoms with E-state index >= 15 is 0 Å². The van der Waals surface area contributed by atoms with Crippen molar-refractivity contribution in [1.29, 1.82) is 0 Å². The van der Waals surface area contributed by atoms with E-state index in [2.05, 4.69) is 0 Å². The van der Waals surface area contributed by atoms with Gasteiger partial charge in [0, 0.05) is 25.1 Å². The fourth-order valence-corrected chi connectivity index (χ4v) is 3.02. The fraction of sp³-hybridized carbons (Fsp3) is 0.500. The van der Waals surface area contributed by atoms with Crippen molar-refractivity contribution in [3.63, 3.8) is 0 Å². The molecular weight excluding hydrogens is 270 g/mol. The van der Waals surface area contributed by atoms with Gasteiger partial charge in [-0.2, -0.15) is 0 Å². The van der Waals surface area contributed by atoms with E-state index in [0.29, 0.717) is 25.3 Å². The first-order valence-corrected chi connectivity index (χ1v) is 7.32. The first-order valence-electron chi connectivity index (χ1n) is 7.32. The Balaban J connectivity index is 1.74. The van der Waals surface area contributed by atoms with Crippen LogP contribution < -0.4 is 4.74 Å². The van der Waals surface area contributed by atoms with E-state index in [1.54, 1.807) is 11.0 Å². The Kier molecular flexibility index (Phi) is 3.82. The number of nitrogens with zero attached hydrogens (tertiary/aromatic N) is 1. The highest BCUT2D eigenvalue weighted by Crippen LogP contribution is 2.27. The third kappa shape index (κ3) is 2.73. The topological polar surface area (TPSA) is 55.8 Å². The average molecular weight is 289 g/mol. The zero-order chi connectivity index (χ0) is 14.8. The Bertz CT molecular complexity index is 569. The lowest BCUT2D eigenvalue weighted by Gasteiger charge is -2.31. The Morgan fingerprint density at radius 2 is 2.24 bits per heavy atom. The molecule has 0 aliphatic carbocycles. The number of fused-ring (bicyclic) bond motifs is 1. The molecule has 2 aliphatic rings. The molecule has 5 nitrogen and oxygen atoms in total. The van der Waals surface area contributed by atoms with E-state index in [0.717, 1.165) is 30.6 Å². The minimum atomic E-state index is -0.227. The number of amides is 1. The summed E-state index contributed by atoms with van der Waals surface area (Å²) in [6.45, 7) is 1.82. The smallest absolute Gasteiger partial charge is 0.310 e. The lowest BCUT2D eigenvalue weighted by molar-refractivity contribution is -0.146. The molecule has 0 unspecified atom stereocenters. The van der Waals surface area contributed by atoms with Gasteiger partial charge in [-0.25, -0.2) is 0 Å². The number of methoxy groups -OCH3 is 1. The maximum absolute atomic E-state index is 12.6. The SMILES string of the molecule is COC(=O)[C@H]1CCCN(C(=O)c2ccc3c(c2)CCO3)C1. The van der Waals surface area contributed by atoms with Crippen molar-refractivity contribution in [3.8, 4) is 5.75 Å². The summed E-state index contributed by atoms with van der Waals surface area (Å²) in [6.07, 6.45) is 2.47. The molecule has 1 saturated heterocycles. The molecule has 1 aromatic carbocycles. The number of rotatable bonds is 2. The zero-order valence-corrected chi connectivity index (χ0v) is 12.1. The van der Waals surface area contributed by atoms with Crippen molar-refractivity contribution in [2.45, 2.75) is 19.3 Å². The number of carbonyl (C=O) groups is 2. The third-order valence-corrected chi connectivity index (χ3v) is 4.18.